The van der Waals surface area contributed by atoms with Crippen molar-refractivity contribution in [3.8, 4) is 5.69 Å². The standard InChI is InChI=1S/C16H22FN5/c1-11-12(9-19-15(18)20-16(2,3)4)10-22(21-11)14-7-5-13(17)6-8-14/h5-8,10H,9H2,1-4H3,(H3,18,19,20). The molecule has 5 nitrogen and oxygen atoms in total. The maximum absolute atomic E-state index is 13.0. The highest BCUT2D eigenvalue weighted by Crippen LogP contribution is 2.13. The molecule has 0 spiro atoms. The number of aromatic nitrogens is 2. The van der Waals surface area contributed by atoms with Crippen LogP contribution in [0, 0.1) is 12.7 Å². The minimum absolute atomic E-state index is 0.124. The predicted octanol–water partition coefficient (Wildman–Crippen LogP) is 2.52. The van der Waals surface area contributed by atoms with Crippen LogP contribution >= 0.6 is 0 Å². The van der Waals surface area contributed by atoms with Gasteiger partial charge in [-0.3, -0.25) is 0 Å². The molecule has 118 valence electrons. The van der Waals surface area contributed by atoms with Crippen LogP contribution in [0.15, 0.2) is 35.5 Å². The van der Waals surface area contributed by atoms with E-state index < -0.39 is 0 Å². The molecule has 6 heteroatoms. The molecule has 1 heterocycles. The number of aryl methyl sites for hydroxylation is 1. The second-order valence-corrected chi connectivity index (χ2v) is 6.24. The SMILES string of the molecule is Cc1nn(-c2ccc(F)cc2)cc1CN=C(N)NC(C)(C)C. The van der Waals surface area contributed by atoms with Gasteiger partial charge >= 0.3 is 0 Å². The molecule has 1 aromatic heterocycles. The van der Waals surface area contributed by atoms with E-state index in [1.54, 1.807) is 16.8 Å². The van der Waals surface area contributed by atoms with Crippen molar-refractivity contribution >= 4 is 5.96 Å². The molecule has 0 aliphatic heterocycles. The van der Waals surface area contributed by atoms with Crippen molar-refractivity contribution in [1.82, 2.24) is 15.1 Å². The molecule has 0 aliphatic carbocycles. The smallest absolute Gasteiger partial charge is 0.189 e. The van der Waals surface area contributed by atoms with Crippen LogP contribution in [0.2, 0.25) is 0 Å². The Bertz CT molecular complexity index is 665. The van der Waals surface area contributed by atoms with E-state index in [2.05, 4.69) is 15.4 Å². The number of rotatable bonds is 3. The van der Waals surface area contributed by atoms with Crippen LogP contribution in [0.1, 0.15) is 32.0 Å². The first kappa shape index (κ1) is 16.0. The first-order valence-electron chi connectivity index (χ1n) is 7.14. The molecule has 0 unspecified atom stereocenters. The van der Waals surface area contributed by atoms with Gasteiger partial charge in [-0.15, -0.1) is 0 Å². The molecule has 0 radical (unpaired) electrons. The molecule has 1 aromatic carbocycles. The van der Waals surface area contributed by atoms with Crippen LogP contribution in [0.3, 0.4) is 0 Å². The lowest BCUT2D eigenvalue weighted by Gasteiger charge is -2.20. The number of aliphatic imine (C=N–C) groups is 1. The zero-order chi connectivity index (χ0) is 16.3. The molecule has 0 atom stereocenters. The van der Waals surface area contributed by atoms with Crippen LogP contribution in [0.5, 0.6) is 0 Å². The Labute approximate surface area is 130 Å². The molecule has 22 heavy (non-hydrogen) atoms. The highest BCUT2D eigenvalue weighted by Gasteiger charge is 2.10. The minimum atomic E-state index is -0.265. The van der Waals surface area contributed by atoms with Crippen LogP contribution in [-0.2, 0) is 6.54 Å². The van der Waals surface area contributed by atoms with Gasteiger partial charge in [0.15, 0.2) is 5.96 Å². The molecule has 0 aliphatic rings. The van der Waals surface area contributed by atoms with E-state index in [1.807, 2.05) is 33.9 Å². The highest BCUT2D eigenvalue weighted by molar-refractivity contribution is 5.78. The average Bonchev–Trinajstić information content (AvgIpc) is 2.77. The van der Waals surface area contributed by atoms with Crippen LogP contribution in [-0.4, -0.2) is 21.3 Å². The van der Waals surface area contributed by atoms with E-state index >= 15 is 0 Å². The van der Waals surface area contributed by atoms with Crippen LogP contribution < -0.4 is 11.1 Å². The third-order valence-corrected chi connectivity index (χ3v) is 3.01. The average molecular weight is 303 g/mol. The fraction of sp³-hybridized carbons (Fsp3) is 0.375. The zero-order valence-electron chi connectivity index (χ0n) is 13.4. The molecule has 0 saturated heterocycles. The topological polar surface area (TPSA) is 68.2 Å². The van der Waals surface area contributed by atoms with Gasteiger partial charge in [-0.05, 0) is 52.0 Å². The molecule has 2 rings (SSSR count). The summed E-state index contributed by atoms with van der Waals surface area (Å²) in [6, 6.07) is 6.19. The summed E-state index contributed by atoms with van der Waals surface area (Å²) in [5.74, 6) is 0.139. The number of nitrogens with one attached hydrogen (secondary N) is 1. The number of halogens is 1. The maximum Gasteiger partial charge on any atom is 0.189 e. The first-order valence-corrected chi connectivity index (χ1v) is 7.14. The Morgan fingerprint density at radius 1 is 1.32 bits per heavy atom. The van der Waals surface area contributed by atoms with Crippen molar-refractivity contribution < 1.29 is 4.39 Å². The lowest BCUT2D eigenvalue weighted by molar-refractivity contribution is 0.508. The normalized spacial score (nSPS) is 12.5. The van der Waals surface area contributed by atoms with E-state index in [0.29, 0.717) is 12.5 Å². The molecule has 0 fully saturated rings. The Morgan fingerprint density at radius 3 is 2.55 bits per heavy atom. The predicted molar refractivity (Wildman–Crippen MR) is 86.5 cm³/mol. The lowest BCUT2D eigenvalue weighted by Crippen LogP contribution is -2.44. The highest BCUT2D eigenvalue weighted by atomic mass is 19.1. The van der Waals surface area contributed by atoms with Crippen molar-refractivity contribution in [2.75, 3.05) is 0 Å². The van der Waals surface area contributed by atoms with Gasteiger partial charge in [0.1, 0.15) is 5.82 Å². The van der Waals surface area contributed by atoms with E-state index in [4.69, 9.17) is 5.73 Å². The van der Waals surface area contributed by atoms with E-state index in [-0.39, 0.29) is 11.4 Å². The third-order valence-electron chi connectivity index (χ3n) is 3.01. The summed E-state index contributed by atoms with van der Waals surface area (Å²) in [6.07, 6.45) is 1.89. The molecule has 3 N–H and O–H groups in total. The number of hydrogen-bond donors (Lipinski definition) is 2. The molecular formula is C16H22FN5. The fourth-order valence-electron chi connectivity index (χ4n) is 1.97. The number of benzene rings is 1. The first-order chi connectivity index (χ1) is 10.2. The van der Waals surface area contributed by atoms with Gasteiger partial charge in [0.2, 0.25) is 0 Å². The Hall–Kier alpha value is -2.37. The molecule has 0 amide bonds. The van der Waals surface area contributed by atoms with Crippen molar-refractivity contribution in [1.29, 1.82) is 0 Å². The summed E-state index contributed by atoms with van der Waals surface area (Å²) >= 11 is 0. The van der Waals surface area contributed by atoms with Crippen LogP contribution in [0.25, 0.3) is 5.69 Å². The zero-order valence-corrected chi connectivity index (χ0v) is 13.4. The molecule has 2 aromatic rings. The molecular weight excluding hydrogens is 281 g/mol. The second-order valence-electron chi connectivity index (χ2n) is 6.24. The van der Waals surface area contributed by atoms with E-state index in [9.17, 15) is 4.39 Å². The second kappa shape index (κ2) is 6.17. The molecule has 0 bridgehead atoms. The van der Waals surface area contributed by atoms with Crippen LogP contribution in [0.4, 0.5) is 4.39 Å². The Balaban J connectivity index is 2.13. The number of hydrogen-bond acceptors (Lipinski definition) is 2. The number of nitrogens with two attached hydrogens (primary N) is 1. The summed E-state index contributed by atoms with van der Waals surface area (Å²) in [6.45, 7) is 8.42. The van der Waals surface area contributed by atoms with E-state index in [0.717, 1.165) is 16.9 Å². The fourth-order valence-corrected chi connectivity index (χ4v) is 1.97. The van der Waals surface area contributed by atoms with Gasteiger partial charge in [-0.2, -0.15) is 5.10 Å². The van der Waals surface area contributed by atoms with Crippen molar-refractivity contribution in [3.63, 3.8) is 0 Å². The molecule has 0 saturated carbocycles. The summed E-state index contributed by atoms with van der Waals surface area (Å²) in [4.78, 5) is 4.33. The van der Waals surface area contributed by atoms with Gasteiger partial charge in [-0.1, -0.05) is 0 Å². The number of nitrogens with zero attached hydrogens (tertiary/aromatic N) is 3. The van der Waals surface area contributed by atoms with Crippen molar-refractivity contribution in [3.05, 3.63) is 47.5 Å². The summed E-state index contributed by atoms with van der Waals surface area (Å²) in [5.41, 5.74) is 8.39. The third kappa shape index (κ3) is 4.31. The minimum Gasteiger partial charge on any atom is -0.370 e. The van der Waals surface area contributed by atoms with Gasteiger partial charge in [-0.25, -0.2) is 14.1 Å². The van der Waals surface area contributed by atoms with Gasteiger partial charge in [0.05, 0.1) is 17.9 Å². The van der Waals surface area contributed by atoms with Gasteiger partial charge in [0, 0.05) is 17.3 Å². The largest absolute Gasteiger partial charge is 0.370 e. The van der Waals surface area contributed by atoms with Gasteiger partial charge in [0.25, 0.3) is 0 Å². The lowest BCUT2D eigenvalue weighted by atomic mass is 10.1. The van der Waals surface area contributed by atoms with E-state index in [1.165, 1.54) is 12.1 Å². The quantitative estimate of drug-likeness (QED) is 0.676. The summed E-state index contributed by atoms with van der Waals surface area (Å²) in [5, 5.41) is 7.54. The summed E-state index contributed by atoms with van der Waals surface area (Å²) < 4.78 is 14.7. The Morgan fingerprint density at radius 2 is 1.95 bits per heavy atom. The number of guanidine groups is 1. The monoisotopic (exact) mass is 303 g/mol. The van der Waals surface area contributed by atoms with Crippen molar-refractivity contribution in [2.45, 2.75) is 39.8 Å². The van der Waals surface area contributed by atoms with Crippen molar-refractivity contribution in [2.24, 2.45) is 10.7 Å². The van der Waals surface area contributed by atoms with Gasteiger partial charge < -0.3 is 11.1 Å². The maximum atomic E-state index is 13.0. The Kier molecular flexibility index (Phi) is 4.49. The summed E-state index contributed by atoms with van der Waals surface area (Å²) in [7, 11) is 0.